The third kappa shape index (κ3) is 5.94. The fourth-order valence-corrected chi connectivity index (χ4v) is 3.52. The average molecular weight is 499 g/mol. The molecule has 23 heavy (non-hydrogen) atoms. The molecule has 0 aromatic carbocycles. The maximum Gasteiger partial charge on any atom is 0.194 e. The number of aliphatic imine (C=N–C) groups is 1. The van der Waals surface area contributed by atoms with Gasteiger partial charge in [0.2, 0.25) is 0 Å². The minimum atomic E-state index is -0.180. The highest BCUT2D eigenvalue weighted by Crippen LogP contribution is 2.25. The third-order valence-corrected chi connectivity index (χ3v) is 4.70. The number of hydrogen-bond acceptors (Lipinski definition) is 2. The van der Waals surface area contributed by atoms with Crippen LogP contribution >= 0.6 is 39.9 Å². The van der Waals surface area contributed by atoms with Gasteiger partial charge < -0.3 is 19.9 Å². The van der Waals surface area contributed by atoms with Crippen LogP contribution in [0.2, 0.25) is 0 Å². The first-order valence-corrected chi connectivity index (χ1v) is 8.78. The molecule has 1 aromatic rings. The van der Waals surface area contributed by atoms with E-state index in [0.717, 1.165) is 42.8 Å². The van der Waals surface area contributed by atoms with Crippen LogP contribution in [0.5, 0.6) is 0 Å². The summed E-state index contributed by atoms with van der Waals surface area (Å²) >= 11 is 3.51. The van der Waals surface area contributed by atoms with E-state index in [-0.39, 0.29) is 30.1 Å². The summed E-state index contributed by atoms with van der Waals surface area (Å²) in [7, 11) is 4.10. The van der Waals surface area contributed by atoms with Crippen LogP contribution in [0.25, 0.3) is 0 Å². The lowest BCUT2D eigenvalue weighted by Gasteiger charge is -2.23. The molecule has 2 N–H and O–H groups in total. The summed E-state index contributed by atoms with van der Waals surface area (Å²) in [6, 6.07) is 2.13. The minimum Gasteiger partial charge on any atom is -0.393 e. The molecule has 5 nitrogen and oxygen atoms in total. The fraction of sp³-hybridized carbons (Fsp3) is 0.688. The second-order valence-corrected chi connectivity index (χ2v) is 6.99. The summed E-state index contributed by atoms with van der Waals surface area (Å²) in [4.78, 5) is 6.86. The van der Waals surface area contributed by atoms with E-state index in [2.05, 4.69) is 49.9 Å². The van der Waals surface area contributed by atoms with Gasteiger partial charge >= 0.3 is 0 Å². The van der Waals surface area contributed by atoms with Crippen molar-refractivity contribution in [2.45, 2.75) is 38.8 Å². The van der Waals surface area contributed by atoms with Crippen molar-refractivity contribution >= 4 is 45.9 Å². The lowest BCUT2D eigenvalue weighted by molar-refractivity contribution is 0.136. The van der Waals surface area contributed by atoms with E-state index in [4.69, 9.17) is 4.99 Å². The van der Waals surface area contributed by atoms with Crippen molar-refractivity contribution in [3.8, 4) is 0 Å². The van der Waals surface area contributed by atoms with Crippen LogP contribution in [0.3, 0.4) is 0 Å². The second kappa shape index (κ2) is 9.88. The summed E-state index contributed by atoms with van der Waals surface area (Å²) in [5.41, 5.74) is 1.22. The Morgan fingerprint density at radius 3 is 2.78 bits per heavy atom. The maximum absolute atomic E-state index is 9.93. The first-order chi connectivity index (χ1) is 10.5. The molecule has 1 aromatic heterocycles. The molecule has 2 atom stereocenters. The Morgan fingerprint density at radius 2 is 2.26 bits per heavy atom. The third-order valence-electron chi connectivity index (χ3n) is 4.26. The average Bonchev–Trinajstić information content (AvgIpc) is 3.00. The van der Waals surface area contributed by atoms with Gasteiger partial charge in [-0.15, -0.1) is 24.0 Å². The van der Waals surface area contributed by atoms with Crippen LogP contribution in [0.4, 0.5) is 0 Å². The topological polar surface area (TPSA) is 52.8 Å². The molecule has 1 fully saturated rings. The zero-order chi connectivity index (χ0) is 16.1. The molecule has 2 rings (SSSR count). The number of rotatable bonds is 5. The van der Waals surface area contributed by atoms with Crippen molar-refractivity contribution in [1.82, 2.24) is 14.8 Å². The van der Waals surface area contributed by atoms with Gasteiger partial charge in [-0.2, -0.15) is 0 Å². The van der Waals surface area contributed by atoms with E-state index in [1.807, 2.05) is 14.1 Å². The van der Waals surface area contributed by atoms with Gasteiger partial charge in [-0.1, -0.05) is 6.42 Å². The molecule has 0 spiro atoms. The highest BCUT2D eigenvalue weighted by molar-refractivity contribution is 14.0. The number of aryl methyl sites for hydroxylation is 1. The van der Waals surface area contributed by atoms with Crippen molar-refractivity contribution in [2.24, 2.45) is 18.0 Å². The molecule has 1 saturated carbocycles. The summed E-state index contributed by atoms with van der Waals surface area (Å²) in [5.74, 6) is 1.21. The Hall–Kier alpha value is -0.280. The number of aliphatic hydroxyl groups excluding tert-OH is 1. The van der Waals surface area contributed by atoms with Gasteiger partial charge in [0, 0.05) is 49.5 Å². The zero-order valence-corrected chi connectivity index (χ0v) is 18.0. The van der Waals surface area contributed by atoms with E-state index in [0.29, 0.717) is 12.5 Å². The molecule has 0 saturated heterocycles. The molecule has 0 bridgehead atoms. The first-order valence-electron chi connectivity index (χ1n) is 7.99. The largest absolute Gasteiger partial charge is 0.393 e. The summed E-state index contributed by atoms with van der Waals surface area (Å²) in [6.07, 6.45) is 5.00. The van der Waals surface area contributed by atoms with Crippen molar-refractivity contribution in [1.29, 1.82) is 0 Å². The number of halogens is 2. The number of nitrogens with one attached hydrogen (secondary N) is 1. The van der Waals surface area contributed by atoms with E-state index in [1.165, 1.54) is 5.69 Å². The van der Waals surface area contributed by atoms with Gasteiger partial charge in [0.15, 0.2) is 5.96 Å². The molecule has 1 heterocycles. The highest BCUT2D eigenvalue weighted by Gasteiger charge is 2.25. The Balaban J connectivity index is 0.00000264. The Labute approximate surface area is 164 Å². The van der Waals surface area contributed by atoms with Crippen LogP contribution < -0.4 is 5.32 Å². The van der Waals surface area contributed by atoms with Gasteiger partial charge in [0.25, 0.3) is 0 Å². The predicted molar refractivity (Wildman–Crippen MR) is 109 cm³/mol. The molecule has 0 radical (unpaired) electrons. The second-order valence-electron chi connectivity index (χ2n) is 6.07. The van der Waals surface area contributed by atoms with Gasteiger partial charge in [0.1, 0.15) is 0 Å². The quantitative estimate of drug-likeness (QED) is 0.373. The van der Waals surface area contributed by atoms with Crippen LogP contribution in [0.1, 0.15) is 31.9 Å². The lowest BCUT2D eigenvalue weighted by Crippen LogP contribution is -2.39. The summed E-state index contributed by atoms with van der Waals surface area (Å²) < 4.78 is 3.21. The van der Waals surface area contributed by atoms with Gasteiger partial charge in [0.05, 0.1) is 12.6 Å². The molecule has 132 valence electrons. The molecule has 0 amide bonds. The van der Waals surface area contributed by atoms with Crippen LogP contribution in [-0.2, 0) is 13.6 Å². The molecular weight excluding hydrogens is 471 g/mol. The van der Waals surface area contributed by atoms with E-state index < -0.39 is 0 Å². The normalized spacial score (nSPS) is 21.2. The number of hydrogen-bond donors (Lipinski definition) is 2. The first kappa shape index (κ1) is 20.8. The van der Waals surface area contributed by atoms with Gasteiger partial charge in [-0.05, 0) is 41.8 Å². The maximum atomic E-state index is 9.93. The number of aromatic nitrogens is 1. The standard InChI is InChI=1S/C16H27BrN4O.HI/c1-4-18-16(19-9-12-6-5-7-15(12)22)21(3)11-14-8-13(17)10-20(14)2;/h8,10,12,15,22H,4-7,9,11H2,1-3H3,(H,18,19);1H. The summed E-state index contributed by atoms with van der Waals surface area (Å²) in [6.45, 7) is 4.41. The molecule has 0 aliphatic heterocycles. The predicted octanol–water partition coefficient (Wildman–Crippen LogP) is 2.96. The van der Waals surface area contributed by atoms with E-state index >= 15 is 0 Å². The van der Waals surface area contributed by atoms with Gasteiger partial charge in [-0.3, -0.25) is 4.99 Å². The van der Waals surface area contributed by atoms with E-state index in [1.54, 1.807) is 0 Å². The SMILES string of the molecule is CCNC(=NCC1CCCC1O)N(C)Cc1cc(Br)cn1C.I. The number of nitrogens with zero attached hydrogens (tertiary/aromatic N) is 3. The lowest BCUT2D eigenvalue weighted by atomic mass is 10.1. The van der Waals surface area contributed by atoms with Crippen molar-refractivity contribution in [3.05, 3.63) is 22.4 Å². The zero-order valence-electron chi connectivity index (χ0n) is 14.1. The molecule has 2 unspecified atom stereocenters. The van der Waals surface area contributed by atoms with Crippen molar-refractivity contribution in [3.63, 3.8) is 0 Å². The van der Waals surface area contributed by atoms with E-state index in [9.17, 15) is 5.11 Å². The highest BCUT2D eigenvalue weighted by atomic mass is 127. The molecule has 1 aliphatic rings. The van der Waals surface area contributed by atoms with Crippen molar-refractivity contribution < 1.29 is 5.11 Å². The Kier molecular flexibility index (Phi) is 8.92. The number of guanidine groups is 1. The smallest absolute Gasteiger partial charge is 0.194 e. The minimum absolute atomic E-state index is 0. The van der Waals surface area contributed by atoms with Crippen molar-refractivity contribution in [2.75, 3.05) is 20.1 Å². The monoisotopic (exact) mass is 498 g/mol. The number of aliphatic hydroxyl groups is 1. The fourth-order valence-electron chi connectivity index (χ4n) is 2.94. The van der Waals surface area contributed by atoms with Crippen LogP contribution in [0.15, 0.2) is 21.7 Å². The molecule has 1 aliphatic carbocycles. The Morgan fingerprint density at radius 1 is 1.52 bits per heavy atom. The van der Waals surface area contributed by atoms with Crippen LogP contribution in [-0.4, -0.2) is 46.8 Å². The Bertz CT molecular complexity index is 520. The summed E-state index contributed by atoms with van der Waals surface area (Å²) in [5, 5.41) is 13.3. The van der Waals surface area contributed by atoms with Crippen LogP contribution in [0, 0.1) is 5.92 Å². The molecular formula is C16H28BrIN4O. The van der Waals surface area contributed by atoms with Gasteiger partial charge in [-0.25, -0.2) is 0 Å². The molecule has 7 heteroatoms.